The van der Waals surface area contributed by atoms with Gasteiger partial charge >= 0.3 is 11.9 Å². The quantitative estimate of drug-likeness (QED) is 0.771. The number of carboxylic acid groups (broad SMARTS) is 2. The molecule has 0 atom stereocenters. The Kier molecular flexibility index (Phi) is 3.06. The number of aromatic carboxylic acids is 1. The number of carboxylic acids is 2. The second-order valence-corrected chi connectivity index (χ2v) is 4.05. The normalized spacial score (nSPS) is 10.7. The first-order valence-corrected chi connectivity index (χ1v) is 5.62. The topological polar surface area (TPSA) is 90.4 Å². The highest BCUT2D eigenvalue weighted by Crippen LogP contribution is 2.26. The zero-order valence-corrected chi connectivity index (χ0v) is 9.86. The van der Waals surface area contributed by atoms with Crippen molar-refractivity contribution in [2.75, 3.05) is 0 Å². The third-order valence-electron chi connectivity index (χ3n) is 2.95. The molecule has 1 aromatic heterocycles. The lowest BCUT2D eigenvalue weighted by atomic mass is 10.0. The number of hydrogen-bond donors (Lipinski definition) is 3. The van der Waals surface area contributed by atoms with Crippen LogP contribution in [0, 0.1) is 0 Å². The molecule has 5 heteroatoms. The number of H-pyrrole nitrogens is 1. The van der Waals surface area contributed by atoms with Gasteiger partial charge < -0.3 is 15.2 Å². The molecule has 0 amide bonds. The summed E-state index contributed by atoms with van der Waals surface area (Å²) in [7, 11) is 0. The Morgan fingerprint density at radius 2 is 2.00 bits per heavy atom. The molecule has 0 unspecified atom stereocenters. The Labute approximate surface area is 103 Å². The van der Waals surface area contributed by atoms with E-state index in [-0.39, 0.29) is 12.1 Å². The van der Waals surface area contributed by atoms with Crippen LogP contribution in [0.3, 0.4) is 0 Å². The monoisotopic (exact) mass is 247 g/mol. The molecule has 2 rings (SSSR count). The molecule has 0 aliphatic heterocycles. The van der Waals surface area contributed by atoms with E-state index in [1.807, 2.05) is 19.1 Å². The van der Waals surface area contributed by atoms with Crippen LogP contribution in [-0.4, -0.2) is 27.1 Å². The third kappa shape index (κ3) is 1.95. The number of hydrogen-bond acceptors (Lipinski definition) is 2. The van der Waals surface area contributed by atoms with Crippen LogP contribution in [0.1, 0.15) is 28.5 Å². The van der Waals surface area contributed by atoms with Crippen LogP contribution in [0.5, 0.6) is 0 Å². The van der Waals surface area contributed by atoms with E-state index in [1.165, 1.54) is 0 Å². The molecular formula is C13H13NO4. The number of aromatic amines is 1. The van der Waals surface area contributed by atoms with Crippen LogP contribution < -0.4 is 0 Å². The zero-order chi connectivity index (χ0) is 13.3. The molecule has 0 fully saturated rings. The van der Waals surface area contributed by atoms with Crippen LogP contribution in [0.4, 0.5) is 0 Å². The summed E-state index contributed by atoms with van der Waals surface area (Å²) in [4.78, 5) is 24.8. The lowest BCUT2D eigenvalue weighted by Gasteiger charge is -1.99. The van der Waals surface area contributed by atoms with Crippen molar-refractivity contribution in [1.82, 2.24) is 4.98 Å². The van der Waals surface area contributed by atoms with Crippen molar-refractivity contribution in [3.8, 4) is 0 Å². The largest absolute Gasteiger partial charge is 0.481 e. The number of carbonyl (C=O) groups is 2. The molecule has 0 aliphatic carbocycles. The minimum absolute atomic E-state index is 0.0340. The Balaban J connectivity index is 2.75. The van der Waals surface area contributed by atoms with Gasteiger partial charge in [0.1, 0.15) is 5.69 Å². The smallest absolute Gasteiger partial charge is 0.352 e. The van der Waals surface area contributed by atoms with Gasteiger partial charge in [0, 0.05) is 16.5 Å². The number of aromatic nitrogens is 1. The van der Waals surface area contributed by atoms with Crippen LogP contribution >= 0.6 is 0 Å². The SMILES string of the molecule is CCc1cccc2c(CC(=O)O)c(C(=O)O)[nH]c12. The van der Waals surface area contributed by atoms with Gasteiger partial charge in [0.25, 0.3) is 0 Å². The molecular weight excluding hydrogens is 234 g/mol. The summed E-state index contributed by atoms with van der Waals surface area (Å²) in [5.74, 6) is -2.18. The summed E-state index contributed by atoms with van der Waals surface area (Å²) in [5.41, 5.74) is 1.99. The van der Waals surface area contributed by atoms with Crippen molar-refractivity contribution >= 4 is 22.8 Å². The molecule has 0 aliphatic rings. The predicted octanol–water partition coefficient (Wildman–Crippen LogP) is 2.06. The maximum Gasteiger partial charge on any atom is 0.352 e. The van der Waals surface area contributed by atoms with Crippen molar-refractivity contribution in [3.63, 3.8) is 0 Å². The molecule has 3 N–H and O–H groups in total. The van der Waals surface area contributed by atoms with Crippen LogP contribution in [-0.2, 0) is 17.6 Å². The van der Waals surface area contributed by atoms with E-state index in [0.29, 0.717) is 16.5 Å². The minimum atomic E-state index is -1.13. The number of aliphatic carboxylic acids is 1. The summed E-state index contributed by atoms with van der Waals surface area (Å²) in [5, 5.41) is 18.7. The van der Waals surface area contributed by atoms with Crippen molar-refractivity contribution in [2.24, 2.45) is 0 Å². The van der Waals surface area contributed by atoms with E-state index in [1.54, 1.807) is 6.07 Å². The van der Waals surface area contributed by atoms with Gasteiger partial charge in [0.2, 0.25) is 0 Å². The highest BCUT2D eigenvalue weighted by Gasteiger charge is 2.19. The molecule has 94 valence electrons. The summed E-state index contributed by atoms with van der Waals surface area (Å²) >= 11 is 0. The molecule has 2 aromatic rings. The lowest BCUT2D eigenvalue weighted by Crippen LogP contribution is -2.06. The second-order valence-electron chi connectivity index (χ2n) is 4.05. The molecule has 0 radical (unpaired) electrons. The molecule has 1 heterocycles. The zero-order valence-electron chi connectivity index (χ0n) is 9.86. The highest BCUT2D eigenvalue weighted by molar-refractivity contribution is 6.00. The average Bonchev–Trinajstić information content (AvgIpc) is 2.67. The number of para-hydroxylation sites is 1. The van der Waals surface area contributed by atoms with Crippen molar-refractivity contribution in [1.29, 1.82) is 0 Å². The maximum absolute atomic E-state index is 11.1. The van der Waals surface area contributed by atoms with Gasteiger partial charge in [0.05, 0.1) is 6.42 Å². The number of benzene rings is 1. The second kappa shape index (κ2) is 4.52. The predicted molar refractivity (Wildman–Crippen MR) is 66.0 cm³/mol. The van der Waals surface area contributed by atoms with Gasteiger partial charge in [0.15, 0.2) is 0 Å². The van der Waals surface area contributed by atoms with Gasteiger partial charge in [-0.2, -0.15) is 0 Å². The van der Waals surface area contributed by atoms with Gasteiger partial charge in [-0.15, -0.1) is 0 Å². The Morgan fingerprint density at radius 1 is 1.28 bits per heavy atom. The maximum atomic E-state index is 11.1. The Morgan fingerprint density at radius 3 is 2.56 bits per heavy atom. The first-order valence-electron chi connectivity index (χ1n) is 5.62. The summed E-state index contributed by atoms with van der Waals surface area (Å²) in [6.07, 6.45) is 0.457. The van der Waals surface area contributed by atoms with E-state index in [4.69, 9.17) is 10.2 Å². The fourth-order valence-corrected chi connectivity index (χ4v) is 2.15. The molecule has 0 spiro atoms. The number of rotatable bonds is 4. The number of nitrogens with one attached hydrogen (secondary N) is 1. The van der Waals surface area contributed by atoms with Crippen LogP contribution in [0.25, 0.3) is 10.9 Å². The Bertz CT molecular complexity index is 627. The van der Waals surface area contributed by atoms with E-state index >= 15 is 0 Å². The van der Waals surface area contributed by atoms with Gasteiger partial charge in [-0.05, 0) is 12.0 Å². The average molecular weight is 247 g/mol. The van der Waals surface area contributed by atoms with Crippen molar-refractivity contribution in [3.05, 3.63) is 35.0 Å². The van der Waals surface area contributed by atoms with Crippen LogP contribution in [0.15, 0.2) is 18.2 Å². The van der Waals surface area contributed by atoms with E-state index in [2.05, 4.69) is 4.98 Å². The fourth-order valence-electron chi connectivity index (χ4n) is 2.15. The number of aryl methyl sites for hydroxylation is 1. The first kappa shape index (κ1) is 12.2. The van der Waals surface area contributed by atoms with Gasteiger partial charge in [-0.25, -0.2) is 4.79 Å². The Hall–Kier alpha value is -2.30. The first-order chi connectivity index (χ1) is 8.54. The molecule has 0 bridgehead atoms. The van der Waals surface area contributed by atoms with Crippen LogP contribution in [0.2, 0.25) is 0 Å². The standard InChI is InChI=1S/C13H13NO4/c1-2-7-4-3-5-8-9(6-10(15)16)12(13(17)18)14-11(7)8/h3-5,14H,2,6H2,1H3,(H,15,16)(H,17,18). The summed E-state index contributed by atoms with van der Waals surface area (Å²) in [6.45, 7) is 1.97. The molecule has 0 saturated carbocycles. The van der Waals surface area contributed by atoms with Gasteiger partial charge in [-0.3, -0.25) is 4.79 Å². The molecule has 0 saturated heterocycles. The minimum Gasteiger partial charge on any atom is -0.481 e. The van der Waals surface area contributed by atoms with Gasteiger partial charge in [-0.1, -0.05) is 25.1 Å². The van der Waals surface area contributed by atoms with Crippen molar-refractivity contribution < 1.29 is 19.8 Å². The van der Waals surface area contributed by atoms with E-state index in [0.717, 1.165) is 12.0 Å². The molecule has 18 heavy (non-hydrogen) atoms. The fraction of sp³-hybridized carbons (Fsp3) is 0.231. The molecule has 1 aromatic carbocycles. The van der Waals surface area contributed by atoms with E-state index < -0.39 is 11.9 Å². The highest BCUT2D eigenvalue weighted by atomic mass is 16.4. The summed E-state index contributed by atoms with van der Waals surface area (Å²) < 4.78 is 0. The lowest BCUT2D eigenvalue weighted by molar-refractivity contribution is -0.136. The molecule has 5 nitrogen and oxygen atoms in total. The third-order valence-corrected chi connectivity index (χ3v) is 2.95. The van der Waals surface area contributed by atoms with Crippen molar-refractivity contribution in [2.45, 2.75) is 19.8 Å². The number of fused-ring (bicyclic) bond motifs is 1. The summed E-state index contributed by atoms with van der Waals surface area (Å²) in [6, 6.07) is 5.46. The van der Waals surface area contributed by atoms with E-state index in [9.17, 15) is 9.59 Å².